The van der Waals surface area contributed by atoms with E-state index in [2.05, 4.69) is 15.3 Å². The van der Waals surface area contributed by atoms with Crippen molar-refractivity contribution in [3.8, 4) is 0 Å². The van der Waals surface area contributed by atoms with Gasteiger partial charge in [-0.1, -0.05) is 49.4 Å². The van der Waals surface area contributed by atoms with Crippen molar-refractivity contribution >= 4 is 34.7 Å². The molecule has 0 fully saturated rings. The first-order valence-electron chi connectivity index (χ1n) is 13.2. The average Bonchev–Trinajstić information content (AvgIpc) is 2.93. The summed E-state index contributed by atoms with van der Waals surface area (Å²) in [6.45, 7) is 3.74. The number of halogens is 3. The van der Waals surface area contributed by atoms with E-state index in [9.17, 15) is 22.8 Å². The van der Waals surface area contributed by atoms with Gasteiger partial charge in [0.15, 0.2) is 5.78 Å². The Morgan fingerprint density at radius 3 is 2.32 bits per heavy atom. The van der Waals surface area contributed by atoms with Crippen LogP contribution in [0.1, 0.15) is 46.0 Å². The highest BCUT2D eigenvalue weighted by Crippen LogP contribution is 2.25. The van der Waals surface area contributed by atoms with Crippen LogP contribution in [-0.4, -0.2) is 34.8 Å². The fourth-order valence-corrected chi connectivity index (χ4v) is 4.48. The Morgan fingerprint density at radius 1 is 0.902 bits per heavy atom. The molecule has 9 heteroatoms. The maximum Gasteiger partial charge on any atom is 0.393 e. The first kappa shape index (κ1) is 29.5. The average molecular weight is 561 g/mol. The van der Waals surface area contributed by atoms with Gasteiger partial charge in [0.25, 0.3) is 0 Å². The Balaban J connectivity index is 1.39. The van der Waals surface area contributed by atoms with Gasteiger partial charge in [0.2, 0.25) is 5.95 Å². The van der Waals surface area contributed by atoms with Crippen LogP contribution in [0.25, 0.3) is 0 Å². The molecule has 0 aliphatic heterocycles. The number of hydrogen-bond acceptors (Lipinski definition) is 6. The Hall–Kier alpha value is -4.53. The van der Waals surface area contributed by atoms with Crippen LogP contribution in [0, 0.1) is 6.92 Å². The predicted molar refractivity (Wildman–Crippen MR) is 154 cm³/mol. The predicted octanol–water partition coefficient (Wildman–Crippen LogP) is 7.35. The maximum absolute atomic E-state index is 12.7. The third-order valence-corrected chi connectivity index (χ3v) is 6.62. The SMILES string of the molecule is CCC(=O)c1cc(Nc2nccc(N(C)c3ccc(CC(=O)Cc4cccc(CC(F)(F)F)c4)cc3)n2)ccc1C. The van der Waals surface area contributed by atoms with Crippen molar-refractivity contribution in [1.29, 1.82) is 0 Å². The summed E-state index contributed by atoms with van der Waals surface area (Å²) in [5.41, 5.74) is 4.66. The molecule has 0 saturated carbocycles. The number of anilines is 4. The zero-order valence-corrected chi connectivity index (χ0v) is 23.1. The van der Waals surface area contributed by atoms with E-state index in [1.165, 1.54) is 12.1 Å². The third-order valence-electron chi connectivity index (χ3n) is 6.62. The van der Waals surface area contributed by atoms with Crippen molar-refractivity contribution in [2.45, 2.75) is 45.7 Å². The summed E-state index contributed by atoms with van der Waals surface area (Å²) in [6.07, 6.45) is -2.99. The molecule has 0 aliphatic carbocycles. The lowest BCUT2D eigenvalue weighted by Crippen LogP contribution is -2.13. The zero-order valence-electron chi connectivity index (χ0n) is 23.1. The highest BCUT2D eigenvalue weighted by Gasteiger charge is 2.27. The number of aromatic nitrogens is 2. The van der Waals surface area contributed by atoms with E-state index in [0.29, 0.717) is 35.0 Å². The molecule has 6 nitrogen and oxygen atoms in total. The van der Waals surface area contributed by atoms with Crippen LogP contribution in [0.3, 0.4) is 0 Å². The lowest BCUT2D eigenvalue weighted by molar-refractivity contribution is -0.127. The fraction of sp³-hybridized carbons (Fsp3) is 0.250. The van der Waals surface area contributed by atoms with Crippen molar-refractivity contribution in [3.05, 3.63) is 107 Å². The number of carbonyl (C=O) groups is 2. The van der Waals surface area contributed by atoms with Gasteiger partial charge in [-0.15, -0.1) is 0 Å². The van der Waals surface area contributed by atoms with Gasteiger partial charge in [-0.25, -0.2) is 4.98 Å². The molecule has 41 heavy (non-hydrogen) atoms. The molecule has 4 aromatic rings. The fourth-order valence-electron chi connectivity index (χ4n) is 4.48. The van der Waals surface area contributed by atoms with Crippen LogP contribution in [0.15, 0.2) is 79.0 Å². The van der Waals surface area contributed by atoms with E-state index >= 15 is 0 Å². The maximum atomic E-state index is 12.7. The van der Waals surface area contributed by atoms with Gasteiger partial charge in [0, 0.05) is 49.4 Å². The number of aryl methyl sites for hydroxylation is 1. The van der Waals surface area contributed by atoms with Crippen molar-refractivity contribution in [1.82, 2.24) is 9.97 Å². The lowest BCUT2D eigenvalue weighted by Gasteiger charge is -2.19. The molecule has 1 N–H and O–H groups in total. The van der Waals surface area contributed by atoms with E-state index in [0.717, 1.165) is 16.8 Å². The highest BCUT2D eigenvalue weighted by atomic mass is 19.4. The molecule has 1 heterocycles. The standard InChI is InChI=1S/C32H31F3N4O2/c1-4-29(41)28-19-25(11-8-21(28)2)37-31-36-15-14-30(38-31)39(3)26-12-9-22(10-13-26)17-27(40)18-23-6-5-7-24(16-23)20-32(33,34)35/h5-16,19H,4,17-18,20H2,1-3H3,(H,36,37,38). The molecule has 4 rings (SSSR count). The minimum atomic E-state index is -4.29. The Bertz CT molecular complexity index is 1530. The van der Waals surface area contributed by atoms with Gasteiger partial charge in [0.05, 0.1) is 6.42 Å². The van der Waals surface area contributed by atoms with Crippen molar-refractivity contribution in [2.75, 3.05) is 17.3 Å². The number of hydrogen-bond donors (Lipinski definition) is 1. The summed E-state index contributed by atoms with van der Waals surface area (Å²) < 4.78 is 38.1. The Labute approximate surface area is 237 Å². The van der Waals surface area contributed by atoms with Gasteiger partial charge >= 0.3 is 6.18 Å². The smallest absolute Gasteiger partial charge is 0.329 e. The first-order valence-corrected chi connectivity index (χ1v) is 13.2. The van der Waals surface area contributed by atoms with Gasteiger partial charge in [0.1, 0.15) is 11.6 Å². The molecule has 212 valence electrons. The van der Waals surface area contributed by atoms with E-state index < -0.39 is 12.6 Å². The zero-order chi connectivity index (χ0) is 29.6. The molecule has 0 amide bonds. The van der Waals surface area contributed by atoms with Crippen LogP contribution in [0.2, 0.25) is 0 Å². The number of alkyl halides is 3. The van der Waals surface area contributed by atoms with Crippen LogP contribution >= 0.6 is 0 Å². The minimum absolute atomic E-state index is 0.0686. The molecular weight excluding hydrogens is 529 g/mol. The normalized spacial score (nSPS) is 11.3. The summed E-state index contributed by atoms with van der Waals surface area (Å²) in [7, 11) is 1.87. The van der Waals surface area contributed by atoms with E-state index in [1.807, 2.05) is 62.2 Å². The molecule has 3 aromatic carbocycles. The van der Waals surface area contributed by atoms with E-state index in [-0.39, 0.29) is 30.0 Å². The largest absolute Gasteiger partial charge is 0.393 e. The van der Waals surface area contributed by atoms with Crippen LogP contribution < -0.4 is 10.2 Å². The molecule has 0 spiro atoms. The number of Topliss-reactive ketones (excluding diaryl/α,β-unsaturated/α-hetero) is 2. The van der Waals surface area contributed by atoms with E-state index in [1.54, 1.807) is 30.5 Å². The summed E-state index contributed by atoms with van der Waals surface area (Å²) in [5, 5.41) is 3.17. The molecule has 0 unspecified atom stereocenters. The molecular formula is C32H31F3N4O2. The summed E-state index contributed by atoms with van der Waals surface area (Å²) in [4.78, 5) is 35.7. The van der Waals surface area contributed by atoms with Crippen LogP contribution in [0.4, 0.5) is 36.3 Å². The summed E-state index contributed by atoms with van der Waals surface area (Å²) in [6, 6.07) is 20.9. The molecule has 0 atom stereocenters. The molecule has 0 bridgehead atoms. The Kier molecular flexibility index (Phi) is 9.17. The number of rotatable bonds is 11. The molecule has 0 saturated heterocycles. The quantitative estimate of drug-likeness (QED) is 0.193. The van der Waals surface area contributed by atoms with Crippen LogP contribution in [0.5, 0.6) is 0 Å². The number of nitrogens with one attached hydrogen (secondary N) is 1. The molecule has 0 aliphatic rings. The topological polar surface area (TPSA) is 75.2 Å². The number of ketones is 2. The third kappa shape index (κ3) is 8.23. The van der Waals surface area contributed by atoms with Gasteiger partial charge in [-0.05, 0) is 59.5 Å². The number of benzene rings is 3. The highest BCUT2D eigenvalue weighted by molar-refractivity contribution is 5.98. The van der Waals surface area contributed by atoms with Gasteiger partial charge in [-0.2, -0.15) is 18.2 Å². The summed E-state index contributed by atoms with van der Waals surface area (Å²) in [5.74, 6) is 1.01. The van der Waals surface area contributed by atoms with Gasteiger partial charge in [-0.3, -0.25) is 9.59 Å². The van der Waals surface area contributed by atoms with Crippen molar-refractivity contribution < 1.29 is 22.8 Å². The summed E-state index contributed by atoms with van der Waals surface area (Å²) >= 11 is 0. The molecule has 0 radical (unpaired) electrons. The molecule has 1 aromatic heterocycles. The van der Waals surface area contributed by atoms with Crippen molar-refractivity contribution in [2.24, 2.45) is 0 Å². The number of nitrogens with zero attached hydrogens (tertiary/aromatic N) is 3. The van der Waals surface area contributed by atoms with Gasteiger partial charge < -0.3 is 10.2 Å². The van der Waals surface area contributed by atoms with E-state index in [4.69, 9.17) is 0 Å². The monoisotopic (exact) mass is 560 g/mol. The van der Waals surface area contributed by atoms with Crippen LogP contribution in [-0.2, 0) is 24.1 Å². The Morgan fingerprint density at radius 2 is 1.61 bits per heavy atom. The second-order valence-electron chi connectivity index (χ2n) is 9.90. The second-order valence-corrected chi connectivity index (χ2v) is 9.90. The first-order chi connectivity index (χ1) is 19.5. The lowest BCUT2D eigenvalue weighted by atomic mass is 10.00. The second kappa shape index (κ2) is 12.8. The number of carbonyl (C=O) groups excluding carboxylic acids is 2. The minimum Gasteiger partial charge on any atom is -0.329 e. The van der Waals surface area contributed by atoms with Crippen molar-refractivity contribution in [3.63, 3.8) is 0 Å².